The molecule has 0 atom stereocenters. The Morgan fingerprint density at radius 2 is 0.867 bits per heavy atom. The molecule has 0 rings (SSSR count). The van der Waals surface area contributed by atoms with Crippen molar-refractivity contribution < 1.29 is 34.6 Å². The van der Waals surface area contributed by atoms with Gasteiger partial charge in [-0.25, -0.2) is 16.8 Å². The van der Waals surface area contributed by atoms with E-state index in [2.05, 4.69) is 8.67 Å². The summed E-state index contributed by atoms with van der Waals surface area (Å²) >= 11 is 0. The predicted molar refractivity (Wildman–Crippen MR) is 51.9 cm³/mol. The van der Waals surface area contributed by atoms with Crippen molar-refractivity contribution in [1.82, 2.24) is 12.3 Å². The zero-order valence-electron chi connectivity index (χ0n) is 7.02. The summed E-state index contributed by atoms with van der Waals surface area (Å²) in [7, 11) is -10.6. The van der Waals surface area contributed by atoms with Gasteiger partial charge in [0.15, 0.2) is 0 Å². The SMILES string of the molecule is Cl.Cl.N.N.O=S(=O)([O-])OOS(=O)(=O)[O-].[Ca+2]. The number of hydrogen-bond donors (Lipinski definition) is 2. The van der Waals surface area contributed by atoms with Crippen molar-refractivity contribution in [2.45, 2.75) is 0 Å². The quantitative estimate of drug-likeness (QED) is 0.203. The first kappa shape index (κ1) is 36.0. The molecule has 6 N–H and O–H groups in total. The van der Waals surface area contributed by atoms with Crippen molar-refractivity contribution in [3.63, 3.8) is 0 Å². The topological polar surface area (TPSA) is 203 Å². The molecule has 10 nitrogen and oxygen atoms in total. The summed E-state index contributed by atoms with van der Waals surface area (Å²) in [5, 5.41) is 0. The minimum absolute atomic E-state index is 0. The van der Waals surface area contributed by atoms with Crippen LogP contribution in [-0.4, -0.2) is 63.7 Å². The molecule has 0 heterocycles. The van der Waals surface area contributed by atoms with Gasteiger partial charge in [-0.1, -0.05) is 0 Å². The third-order valence-corrected chi connectivity index (χ3v) is 0.750. The first-order valence-corrected chi connectivity index (χ1v) is 4.17. The Morgan fingerprint density at radius 3 is 0.933 bits per heavy atom. The standard InChI is InChI=1S/Ca.2ClH.2H3N.H2O8S2/c;;;;;1-9(2,3)7-8-10(4,5)6/h;2*1H;2*1H3;(H,1,2,3)(H,4,5,6)/q+2;;;;;/p-2. The summed E-state index contributed by atoms with van der Waals surface area (Å²) in [5.41, 5.74) is 0. The molecule has 0 radical (unpaired) electrons. The molecule has 15 heavy (non-hydrogen) atoms. The van der Waals surface area contributed by atoms with Crippen molar-refractivity contribution in [3.05, 3.63) is 0 Å². The van der Waals surface area contributed by atoms with Gasteiger partial charge in [-0.15, -0.1) is 33.5 Å². The second-order valence-electron chi connectivity index (χ2n) is 0.953. The average Bonchev–Trinajstić information content (AvgIpc) is 1.57. The Kier molecular flexibility index (Phi) is 32.5. The van der Waals surface area contributed by atoms with Crippen molar-refractivity contribution in [3.8, 4) is 0 Å². The monoisotopic (exact) mass is 338 g/mol. The van der Waals surface area contributed by atoms with Crippen LogP contribution >= 0.6 is 24.8 Å². The van der Waals surface area contributed by atoms with E-state index in [1.807, 2.05) is 0 Å². The Bertz CT molecular complexity index is 265. The van der Waals surface area contributed by atoms with Gasteiger partial charge in [-0.05, 0) is 0 Å². The van der Waals surface area contributed by atoms with E-state index in [0.29, 0.717) is 0 Å². The smallest absolute Gasteiger partial charge is 0.724 e. The van der Waals surface area contributed by atoms with Gasteiger partial charge in [0.25, 0.3) is 0 Å². The first-order valence-electron chi connectivity index (χ1n) is 1.50. The maximum atomic E-state index is 9.37. The molecule has 94 valence electrons. The van der Waals surface area contributed by atoms with Crippen LogP contribution in [0.3, 0.4) is 0 Å². The summed E-state index contributed by atoms with van der Waals surface area (Å²) in [6.07, 6.45) is 0. The Morgan fingerprint density at radius 1 is 0.733 bits per heavy atom. The fourth-order valence-corrected chi connectivity index (χ4v) is 0.612. The summed E-state index contributed by atoms with van der Waals surface area (Å²) in [4.78, 5) is 0. The van der Waals surface area contributed by atoms with Gasteiger partial charge in [0.2, 0.25) is 20.8 Å². The third-order valence-electron chi connectivity index (χ3n) is 0.194. The molecule has 0 aromatic heterocycles. The Labute approximate surface area is 129 Å². The maximum absolute atomic E-state index is 9.37. The van der Waals surface area contributed by atoms with E-state index < -0.39 is 20.8 Å². The Balaban J connectivity index is -0.0000000405. The van der Waals surface area contributed by atoms with Crippen LogP contribution in [0.25, 0.3) is 0 Å². The molecule has 0 fully saturated rings. The molecular weight excluding hydrogens is 331 g/mol. The molecule has 0 saturated carbocycles. The predicted octanol–water partition coefficient (Wildman–Crippen LogP) is -1.36. The second kappa shape index (κ2) is 13.6. The van der Waals surface area contributed by atoms with Gasteiger partial charge in [0, 0.05) is 0 Å². The number of halogens is 2. The normalized spacial score (nSPS) is 8.93. The molecule has 0 aromatic carbocycles. The van der Waals surface area contributed by atoms with Crippen LogP contribution in [0, 0.1) is 0 Å². The third kappa shape index (κ3) is 39.1. The molecule has 0 amide bonds. The van der Waals surface area contributed by atoms with Gasteiger partial charge < -0.3 is 21.4 Å². The molecule has 0 saturated heterocycles. The minimum Gasteiger partial charge on any atom is -0.724 e. The molecule has 0 unspecified atom stereocenters. The van der Waals surface area contributed by atoms with Crippen LogP contribution in [0.4, 0.5) is 0 Å². The number of rotatable bonds is 3. The molecule has 0 bridgehead atoms. The fourth-order valence-electron chi connectivity index (χ4n) is 0.0680. The first-order chi connectivity index (χ1) is 4.21. The molecule has 0 aliphatic carbocycles. The van der Waals surface area contributed by atoms with Crippen LogP contribution < -0.4 is 12.3 Å². The summed E-state index contributed by atoms with van der Waals surface area (Å²) < 4.78 is 61.5. The minimum atomic E-state index is -5.31. The van der Waals surface area contributed by atoms with Crippen molar-refractivity contribution in [2.75, 3.05) is 0 Å². The van der Waals surface area contributed by atoms with Crippen molar-refractivity contribution in [1.29, 1.82) is 0 Å². The van der Waals surface area contributed by atoms with Gasteiger partial charge in [0.05, 0.1) is 0 Å². The second-order valence-corrected chi connectivity index (χ2v) is 2.86. The van der Waals surface area contributed by atoms with Gasteiger partial charge in [0.1, 0.15) is 0 Å². The molecule has 0 aromatic rings. The Hall–Kier alpha value is 1.50. The van der Waals surface area contributed by atoms with Crippen LogP contribution in [0.2, 0.25) is 0 Å². The average molecular weight is 339 g/mol. The van der Waals surface area contributed by atoms with E-state index in [9.17, 15) is 25.9 Å². The van der Waals surface area contributed by atoms with E-state index >= 15 is 0 Å². The maximum Gasteiger partial charge on any atom is 2.00 e. The van der Waals surface area contributed by atoms with Crippen LogP contribution in [-0.2, 0) is 29.5 Å². The van der Waals surface area contributed by atoms with E-state index in [0.717, 1.165) is 0 Å². The van der Waals surface area contributed by atoms with Crippen LogP contribution in [0.5, 0.6) is 0 Å². The van der Waals surface area contributed by atoms with Gasteiger partial charge in [-0.3, -0.25) is 0 Å². The largest absolute Gasteiger partial charge is 2.00 e. The molecule has 15 heteroatoms. The van der Waals surface area contributed by atoms with Crippen molar-refractivity contribution in [2.24, 2.45) is 0 Å². The summed E-state index contributed by atoms with van der Waals surface area (Å²) in [6.45, 7) is 0. The van der Waals surface area contributed by atoms with Crippen LogP contribution in [0.1, 0.15) is 0 Å². The van der Waals surface area contributed by atoms with Crippen molar-refractivity contribution >= 4 is 83.4 Å². The zero-order valence-corrected chi connectivity index (χ0v) is 12.5. The molecule has 0 spiro atoms. The molecule has 0 aliphatic heterocycles. The zero-order chi connectivity index (χ0) is 8.41. The number of hydrogen-bond acceptors (Lipinski definition) is 10. The van der Waals surface area contributed by atoms with E-state index in [1.165, 1.54) is 0 Å². The molecule has 0 aliphatic rings. The summed E-state index contributed by atoms with van der Waals surface area (Å²) in [5.74, 6) is 0. The van der Waals surface area contributed by atoms with Crippen LogP contribution in [0.15, 0.2) is 0 Å². The van der Waals surface area contributed by atoms with E-state index in [4.69, 9.17) is 0 Å². The van der Waals surface area contributed by atoms with Gasteiger partial charge >= 0.3 is 37.7 Å². The molecular formula is H8CaCl2N2O8S2. The van der Waals surface area contributed by atoms with E-state index in [-0.39, 0.29) is 74.9 Å². The van der Waals surface area contributed by atoms with E-state index in [1.54, 1.807) is 0 Å². The summed E-state index contributed by atoms with van der Waals surface area (Å²) in [6, 6.07) is 0. The van der Waals surface area contributed by atoms with Gasteiger partial charge in [-0.2, -0.15) is 0 Å². The fraction of sp³-hybridized carbons (Fsp3) is 0.